The first kappa shape index (κ1) is 32.7. The number of halogens is 5. The summed E-state index contributed by atoms with van der Waals surface area (Å²) >= 11 is 26.9. The zero-order valence-corrected chi connectivity index (χ0v) is 27.1. The molecule has 0 bridgehead atoms. The number of anilines is 2. The summed E-state index contributed by atoms with van der Waals surface area (Å²) in [5.74, 6) is -3.10. The Hall–Kier alpha value is -3.64. The van der Waals surface area contributed by atoms with Gasteiger partial charge in [0, 0.05) is 21.5 Å². The predicted octanol–water partition coefficient (Wildman–Crippen LogP) is 9.99. The maximum Gasteiger partial charge on any atom is 0.338 e. The van der Waals surface area contributed by atoms with Crippen LogP contribution in [-0.2, 0) is 4.79 Å². The van der Waals surface area contributed by atoms with Crippen molar-refractivity contribution in [2.75, 3.05) is 10.6 Å². The lowest BCUT2D eigenvalue weighted by Crippen LogP contribution is -2.19. The van der Waals surface area contributed by atoms with E-state index in [4.69, 9.17) is 46.4 Å². The monoisotopic (exact) mass is 719 g/mol. The predicted molar refractivity (Wildman–Crippen MR) is 179 cm³/mol. The van der Waals surface area contributed by atoms with E-state index < -0.39 is 33.3 Å². The van der Waals surface area contributed by atoms with Crippen molar-refractivity contribution in [3.05, 3.63) is 127 Å². The molecule has 1 unspecified atom stereocenters. The Kier molecular flexibility index (Phi) is 10.3. The highest BCUT2D eigenvalue weighted by Crippen LogP contribution is 2.42. The van der Waals surface area contributed by atoms with Gasteiger partial charge in [-0.05, 0) is 48.0 Å². The second-order valence-electron chi connectivity index (χ2n) is 9.24. The maximum absolute atomic E-state index is 13.6. The topological polar surface area (TPSA) is 108 Å². The number of aromatic carboxylic acids is 1. The van der Waals surface area contributed by atoms with Crippen molar-refractivity contribution in [1.29, 1.82) is 0 Å². The van der Waals surface area contributed by atoms with Crippen molar-refractivity contribution < 1.29 is 23.9 Å². The summed E-state index contributed by atoms with van der Waals surface area (Å²) < 4.78 is 13.3. The van der Waals surface area contributed by atoms with Crippen molar-refractivity contribution in [1.82, 2.24) is 4.98 Å². The van der Waals surface area contributed by atoms with Crippen molar-refractivity contribution >= 4 is 98.1 Å². The number of carbonyl (C=O) groups excluding carboxylic acids is 2. The molecule has 0 aliphatic rings. The zero-order chi connectivity index (χ0) is 32.2. The molecule has 228 valence electrons. The van der Waals surface area contributed by atoms with Crippen LogP contribution in [0, 0.1) is 5.82 Å². The Bertz CT molecular complexity index is 1920. The summed E-state index contributed by atoms with van der Waals surface area (Å²) in [6.07, 6.45) is 0. The molecule has 0 spiro atoms. The quantitative estimate of drug-likeness (QED) is 0.0795. The lowest BCUT2D eigenvalue weighted by molar-refractivity contribution is -0.115. The minimum Gasteiger partial charge on any atom is -0.478 e. The van der Waals surface area contributed by atoms with Gasteiger partial charge in [0.05, 0.1) is 36.9 Å². The van der Waals surface area contributed by atoms with Gasteiger partial charge in [0.2, 0.25) is 5.91 Å². The number of amides is 2. The van der Waals surface area contributed by atoms with Crippen LogP contribution in [-0.4, -0.2) is 27.9 Å². The Labute approximate surface area is 284 Å². The molecule has 5 aromatic rings. The highest BCUT2D eigenvalue weighted by molar-refractivity contribution is 8.00. The molecule has 5 rings (SSSR count). The molecule has 0 fully saturated rings. The van der Waals surface area contributed by atoms with Gasteiger partial charge in [-0.15, -0.1) is 23.1 Å². The number of thioether (sulfide) groups is 1. The highest BCUT2D eigenvalue weighted by Gasteiger charge is 2.29. The first-order valence-electron chi connectivity index (χ1n) is 12.8. The van der Waals surface area contributed by atoms with Crippen LogP contribution in [0.1, 0.15) is 31.5 Å². The van der Waals surface area contributed by atoms with Crippen LogP contribution in [0.4, 0.5) is 15.2 Å². The largest absolute Gasteiger partial charge is 0.478 e. The Morgan fingerprint density at radius 2 is 1.49 bits per heavy atom. The molecular weight excluding hydrogens is 703 g/mol. The van der Waals surface area contributed by atoms with Crippen LogP contribution in [0.15, 0.2) is 89.1 Å². The normalized spacial score (nSPS) is 11.6. The van der Waals surface area contributed by atoms with E-state index in [1.165, 1.54) is 35.2 Å². The van der Waals surface area contributed by atoms with Gasteiger partial charge in [0.15, 0.2) is 5.13 Å². The van der Waals surface area contributed by atoms with E-state index in [0.717, 1.165) is 0 Å². The molecular formula is C31H18Cl4FN3O4S2. The first-order valence-corrected chi connectivity index (χ1v) is 16.0. The van der Waals surface area contributed by atoms with Gasteiger partial charge in [0.1, 0.15) is 11.1 Å². The van der Waals surface area contributed by atoms with E-state index in [9.17, 15) is 23.9 Å². The number of carboxylic acid groups (broad SMARTS) is 1. The van der Waals surface area contributed by atoms with Gasteiger partial charge >= 0.3 is 5.97 Å². The van der Waals surface area contributed by atoms with Crippen LogP contribution in [0.2, 0.25) is 20.1 Å². The van der Waals surface area contributed by atoms with E-state index in [0.29, 0.717) is 26.8 Å². The molecule has 0 aliphatic carbocycles. The fraction of sp³-hybridized carbons (Fsp3) is 0.0323. The van der Waals surface area contributed by atoms with E-state index >= 15 is 0 Å². The minimum atomic E-state index is -1.52. The first-order chi connectivity index (χ1) is 21.5. The van der Waals surface area contributed by atoms with E-state index in [1.54, 1.807) is 41.8 Å². The Morgan fingerprint density at radius 1 is 0.822 bits per heavy atom. The molecule has 7 nitrogen and oxygen atoms in total. The van der Waals surface area contributed by atoms with Gasteiger partial charge in [-0.2, -0.15) is 0 Å². The lowest BCUT2D eigenvalue weighted by atomic mass is 10.1. The number of rotatable bonds is 9. The average Bonchev–Trinajstić information content (AvgIpc) is 3.49. The molecule has 0 radical (unpaired) electrons. The van der Waals surface area contributed by atoms with Crippen LogP contribution in [0.25, 0.3) is 11.3 Å². The van der Waals surface area contributed by atoms with Crippen LogP contribution >= 0.6 is 69.5 Å². The van der Waals surface area contributed by atoms with Gasteiger partial charge < -0.3 is 15.7 Å². The number of hydrogen-bond acceptors (Lipinski definition) is 6. The molecule has 14 heteroatoms. The standard InChI is InChI=1S/C31H18Cl4FN3O4S2/c32-23-21(22(30(42)43)24(33)26(35)25(23)34)28(40)37-18-7-4-8-19(13-18)45-27(16-5-2-1-3-6-16)29(41)39-31-38-20(14-44-31)15-9-11-17(36)12-10-15/h1-14,27H,(H,37,40)(H,42,43)(H,38,39,41). The molecule has 0 aliphatic heterocycles. The molecule has 1 atom stereocenters. The number of nitrogens with one attached hydrogen (secondary N) is 2. The second-order valence-corrected chi connectivity index (χ2v) is 12.8. The van der Waals surface area contributed by atoms with Crippen molar-refractivity contribution in [3.63, 3.8) is 0 Å². The van der Waals surface area contributed by atoms with E-state index in [1.807, 2.05) is 30.3 Å². The Morgan fingerprint density at radius 3 is 2.16 bits per heavy atom. The molecule has 1 heterocycles. The molecule has 0 saturated heterocycles. The second kappa shape index (κ2) is 14.2. The summed E-state index contributed by atoms with van der Waals surface area (Å²) in [7, 11) is 0. The number of carboxylic acids is 1. The fourth-order valence-corrected chi connectivity index (χ4v) is 7.00. The van der Waals surface area contributed by atoms with E-state index in [-0.39, 0.29) is 32.5 Å². The summed E-state index contributed by atoms with van der Waals surface area (Å²) in [5, 5.41) is 15.3. The highest BCUT2D eigenvalue weighted by atomic mass is 35.5. The third-order valence-electron chi connectivity index (χ3n) is 6.27. The van der Waals surface area contributed by atoms with Crippen molar-refractivity contribution in [2.24, 2.45) is 0 Å². The number of benzene rings is 4. The summed E-state index contributed by atoms with van der Waals surface area (Å²) in [6, 6.07) is 21.6. The number of nitrogens with zero attached hydrogens (tertiary/aromatic N) is 1. The third kappa shape index (κ3) is 7.44. The number of aromatic nitrogens is 1. The molecule has 45 heavy (non-hydrogen) atoms. The number of carbonyl (C=O) groups is 3. The molecule has 1 aromatic heterocycles. The fourth-order valence-electron chi connectivity index (χ4n) is 4.18. The van der Waals surface area contributed by atoms with Gasteiger partial charge in [0.25, 0.3) is 5.91 Å². The van der Waals surface area contributed by atoms with Gasteiger partial charge in [-0.3, -0.25) is 9.59 Å². The smallest absolute Gasteiger partial charge is 0.338 e. The van der Waals surface area contributed by atoms with Crippen molar-refractivity contribution in [3.8, 4) is 11.3 Å². The molecule has 2 amide bonds. The SMILES string of the molecule is O=C(O)c1c(Cl)c(Cl)c(Cl)c(Cl)c1C(=O)Nc1cccc(SC(C(=O)Nc2nc(-c3ccc(F)cc3)cs2)c2ccccc2)c1. The zero-order valence-electron chi connectivity index (χ0n) is 22.5. The van der Waals surface area contributed by atoms with Crippen molar-refractivity contribution in [2.45, 2.75) is 10.1 Å². The van der Waals surface area contributed by atoms with Gasteiger partial charge in [-0.25, -0.2) is 14.2 Å². The summed E-state index contributed by atoms with van der Waals surface area (Å²) in [4.78, 5) is 43.9. The lowest BCUT2D eigenvalue weighted by Gasteiger charge is -2.17. The van der Waals surface area contributed by atoms with Crippen LogP contribution < -0.4 is 10.6 Å². The molecule has 0 saturated carbocycles. The van der Waals surface area contributed by atoms with Gasteiger partial charge in [-0.1, -0.05) is 82.8 Å². The average molecular weight is 721 g/mol. The molecule has 3 N–H and O–H groups in total. The minimum absolute atomic E-state index is 0.260. The Balaban J connectivity index is 1.38. The summed E-state index contributed by atoms with van der Waals surface area (Å²) in [5.41, 5.74) is 1.26. The van der Waals surface area contributed by atoms with Crippen LogP contribution in [0.3, 0.4) is 0 Å². The maximum atomic E-state index is 13.6. The number of thiazole rings is 1. The summed E-state index contributed by atoms with van der Waals surface area (Å²) in [6.45, 7) is 0. The molecule has 4 aromatic carbocycles. The number of hydrogen-bond donors (Lipinski definition) is 3. The van der Waals surface area contributed by atoms with E-state index in [2.05, 4.69) is 15.6 Å². The van der Waals surface area contributed by atoms with Crippen LogP contribution in [0.5, 0.6) is 0 Å². The third-order valence-corrected chi connectivity index (χ3v) is 10.1.